The van der Waals surface area contributed by atoms with Crippen LogP contribution in [0.15, 0.2) is 41.3 Å². The van der Waals surface area contributed by atoms with Gasteiger partial charge in [-0.3, -0.25) is 0 Å². The van der Waals surface area contributed by atoms with E-state index in [2.05, 4.69) is 5.32 Å². The van der Waals surface area contributed by atoms with Gasteiger partial charge in [-0.05, 0) is 67.3 Å². The first-order valence-corrected chi connectivity index (χ1v) is 10.6. The van der Waals surface area contributed by atoms with Gasteiger partial charge in [-0.15, -0.1) is 0 Å². The zero-order valence-corrected chi connectivity index (χ0v) is 17.2. The Hall–Kier alpha value is -2.16. The van der Waals surface area contributed by atoms with E-state index >= 15 is 0 Å². The lowest BCUT2D eigenvalue weighted by Crippen LogP contribution is -2.32. The van der Waals surface area contributed by atoms with E-state index in [0.29, 0.717) is 25.1 Å². The van der Waals surface area contributed by atoms with Crippen LogP contribution in [0.5, 0.6) is 11.5 Å². The van der Waals surface area contributed by atoms with Gasteiger partial charge in [0.25, 0.3) is 0 Å². The number of sulfonamides is 1. The number of rotatable bonds is 10. The number of halogens is 1. The highest BCUT2D eigenvalue weighted by molar-refractivity contribution is 7.89. The molecule has 0 radical (unpaired) electrons. The maximum atomic E-state index is 13.5. The molecule has 0 aliphatic rings. The minimum atomic E-state index is -3.87. The first-order chi connectivity index (χ1) is 13.3. The number of benzene rings is 2. The van der Waals surface area contributed by atoms with Crippen LogP contribution < -0.4 is 19.9 Å². The highest BCUT2D eigenvalue weighted by atomic mass is 32.2. The Morgan fingerprint density at radius 2 is 1.79 bits per heavy atom. The molecule has 0 saturated heterocycles. The molecular formula is C20H27FN2O4S. The lowest BCUT2D eigenvalue weighted by molar-refractivity contribution is 0.402. The van der Waals surface area contributed by atoms with Crippen molar-refractivity contribution in [1.29, 1.82) is 0 Å². The summed E-state index contributed by atoms with van der Waals surface area (Å²) in [5.41, 5.74) is 1.64. The van der Waals surface area contributed by atoms with Crippen LogP contribution in [-0.2, 0) is 22.9 Å². The summed E-state index contributed by atoms with van der Waals surface area (Å²) in [5.74, 6) is 0.589. The molecule has 28 heavy (non-hydrogen) atoms. The van der Waals surface area contributed by atoms with Crippen molar-refractivity contribution in [2.45, 2.75) is 37.1 Å². The second-order valence-electron chi connectivity index (χ2n) is 6.50. The SMILES string of the molecule is CCC(Cc1ccc(OC)c(S(N)(=O)=O)c1)NCCc1cc(F)ccc1OC. The second-order valence-corrected chi connectivity index (χ2v) is 8.03. The molecule has 8 heteroatoms. The summed E-state index contributed by atoms with van der Waals surface area (Å²) in [5, 5.41) is 8.72. The molecule has 0 amide bonds. The van der Waals surface area contributed by atoms with Gasteiger partial charge < -0.3 is 14.8 Å². The van der Waals surface area contributed by atoms with E-state index in [-0.39, 0.29) is 22.5 Å². The van der Waals surface area contributed by atoms with Crippen LogP contribution in [0.1, 0.15) is 24.5 Å². The third-order valence-corrected chi connectivity index (χ3v) is 5.51. The number of nitrogens with one attached hydrogen (secondary N) is 1. The van der Waals surface area contributed by atoms with Crippen LogP contribution >= 0.6 is 0 Å². The summed E-state index contributed by atoms with van der Waals surface area (Å²) in [6, 6.07) is 9.58. The van der Waals surface area contributed by atoms with Crippen molar-refractivity contribution in [2.24, 2.45) is 5.14 Å². The van der Waals surface area contributed by atoms with E-state index in [0.717, 1.165) is 17.5 Å². The number of hydrogen-bond acceptors (Lipinski definition) is 5. The first kappa shape index (κ1) is 22.1. The molecule has 0 aromatic heterocycles. The number of hydrogen-bond donors (Lipinski definition) is 2. The highest BCUT2D eigenvalue weighted by Gasteiger charge is 2.17. The predicted molar refractivity (Wildman–Crippen MR) is 107 cm³/mol. The van der Waals surface area contributed by atoms with E-state index in [4.69, 9.17) is 14.6 Å². The van der Waals surface area contributed by atoms with Gasteiger partial charge in [0.05, 0.1) is 14.2 Å². The Kier molecular flexibility index (Phi) is 7.79. The van der Waals surface area contributed by atoms with Crippen LogP contribution in [-0.4, -0.2) is 35.2 Å². The van der Waals surface area contributed by atoms with E-state index in [1.165, 1.54) is 19.2 Å². The first-order valence-electron chi connectivity index (χ1n) is 9.04. The molecule has 3 N–H and O–H groups in total. The van der Waals surface area contributed by atoms with E-state index in [1.807, 2.05) is 13.0 Å². The zero-order chi connectivity index (χ0) is 20.7. The fourth-order valence-electron chi connectivity index (χ4n) is 3.07. The Morgan fingerprint density at radius 1 is 1.11 bits per heavy atom. The fourth-order valence-corrected chi connectivity index (χ4v) is 3.82. The monoisotopic (exact) mass is 410 g/mol. The zero-order valence-electron chi connectivity index (χ0n) is 16.4. The van der Waals surface area contributed by atoms with Crippen LogP contribution in [0.25, 0.3) is 0 Å². The van der Waals surface area contributed by atoms with Crippen LogP contribution in [0.3, 0.4) is 0 Å². The molecule has 0 saturated carbocycles. The molecule has 0 aliphatic carbocycles. The molecule has 1 unspecified atom stereocenters. The summed E-state index contributed by atoms with van der Waals surface area (Å²) in [6.45, 7) is 2.68. The molecular weight excluding hydrogens is 383 g/mol. The van der Waals surface area contributed by atoms with Gasteiger partial charge in [0.2, 0.25) is 10.0 Å². The summed E-state index contributed by atoms with van der Waals surface area (Å²) in [6.07, 6.45) is 2.09. The summed E-state index contributed by atoms with van der Waals surface area (Å²) >= 11 is 0. The molecule has 2 aromatic carbocycles. The minimum Gasteiger partial charge on any atom is -0.496 e. The van der Waals surface area contributed by atoms with Gasteiger partial charge in [-0.2, -0.15) is 0 Å². The summed E-state index contributed by atoms with van der Waals surface area (Å²) < 4.78 is 47.4. The van der Waals surface area contributed by atoms with Crippen molar-refractivity contribution < 1.29 is 22.3 Å². The van der Waals surface area contributed by atoms with Gasteiger partial charge in [-0.1, -0.05) is 13.0 Å². The van der Waals surface area contributed by atoms with Crippen LogP contribution in [0.2, 0.25) is 0 Å². The molecule has 1 atom stereocenters. The topological polar surface area (TPSA) is 90.7 Å². The molecule has 0 fully saturated rings. The smallest absolute Gasteiger partial charge is 0.241 e. The number of ether oxygens (including phenoxy) is 2. The van der Waals surface area contributed by atoms with Crippen molar-refractivity contribution in [1.82, 2.24) is 5.32 Å². The lowest BCUT2D eigenvalue weighted by atomic mass is 10.0. The second kappa shape index (κ2) is 9.86. The van der Waals surface area contributed by atoms with Crippen molar-refractivity contribution in [3.63, 3.8) is 0 Å². The number of methoxy groups -OCH3 is 2. The van der Waals surface area contributed by atoms with Gasteiger partial charge in [0.1, 0.15) is 22.2 Å². The summed E-state index contributed by atoms with van der Waals surface area (Å²) in [4.78, 5) is -0.0214. The maximum Gasteiger partial charge on any atom is 0.241 e. The minimum absolute atomic E-state index is 0.0214. The summed E-state index contributed by atoms with van der Waals surface area (Å²) in [7, 11) is -0.905. The fraction of sp³-hybridized carbons (Fsp3) is 0.400. The highest BCUT2D eigenvalue weighted by Crippen LogP contribution is 2.24. The molecule has 154 valence electrons. The van der Waals surface area contributed by atoms with Gasteiger partial charge >= 0.3 is 0 Å². The molecule has 0 heterocycles. The third kappa shape index (κ3) is 5.92. The Morgan fingerprint density at radius 3 is 2.39 bits per heavy atom. The Balaban J connectivity index is 2.04. The molecule has 0 bridgehead atoms. The van der Waals surface area contributed by atoms with Gasteiger partial charge in [-0.25, -0.2) is 17.9 Å². The van der Waals surface area contributed by atoms with E-state index < -0.39 is 10.0 Å². The lowest BCUT2D eigenvalue weighted by Gasteiger charge is -2.18. The maximum absolute atomic E-state index is 13.5. The Labute approximate surface area is 165 Å². The van der Waals surface area contributed by atoms with E-state index in [9.17, 15) is 12.8 Å². The van der Waals surface area contributed by atoms with Crippen molar-refractivity contribution in [3.05, 3.63) is 53.3 Å². The van der Waals surface area contributed by atoms with Crippen molar-refractivity contribution in [2.75, 3.05) is 20.8 Å². The molecule has 2 aromatic rings. The molecule has 6 nitrogen and oxygen atoms in total. The Bertz CT molecular complexity index is 903. The largest absolute Gasteiger partial charge is 0.496 e. The average Bonchev–Trinajstić information content (AvgIpc) is 2.66. The molecule has 0 aliphatic heterocycles. The third-order valence-electron chi connectivity index (χ3n) is 4.58. The molecule has 2 rings (SSSR count). The van der Waals surface area contributed by atoms with Gasteiger partial charge in [0.15, 0.2) is 0 Å². The normalized spacial score (nSPS) is 12.6. The standard InChI is InChI=1S/C20H27FN2O4S/c1-4-17(23-10-9-15-13-16(21)6-8-18(15)26-2)11-14-5-7-19(27-3)20(12-14)28(22,24)25/h5-8,12-13,17,23H,4,9-11H2,1-3H3,(H2,22,24,25). The van der Waals surface area contributed by atoms with Gasteiger partial charge in [0, 0.05) is 6.04 Å². The van der Waals surface area contributed by atoms with Crippen LogP contribution in [0.4, 0.5) is 4.39 Å². The number of primary sulfonamides is 1. The van der Waals surface area contributed by atoms with E-state index in [1.54, 1.807) is 25.3 Å². The number of nitrogens with two attached hydrogens (primary N) is 1. The van der Waals surface area contributed by atoms with Crippen LogP contribution in [0, 0.1) is 5.82 Å². The molecule has 0 spiro atoms. The quantitative estimate of drug-likeness (QED) is 0.628. The predicted octanol–water partition coefficient (Wildman–Crippen LogP) is 2.64. The average molecular weight is 411 g/mol. The van der Waals surface area contributed by atoms with Crippen molar-refractivity contribution in [3.8, 4) is 11.5 Å². The van der Waals surface area contributed by atoms with Crippen molar-refractivity contribution >= 4 is 10.0 Å².